The fraction of sp³-hybridized carbons (Fsp3) is 0.560. The number of nitrogens with one attached hydrogen (secondary N) is 2. The first-order valence-corrected chi connectivity index (χ1v) is 14.1. The third-order valence-electron chi connectivity index (χ3n) is 5.73. The molecule has 2 amide bonds. The SMILES string of the molecule is CC(C)C[C@@H](C(=O)NN(CC(=O)O)S(C)(=O)=O)[C@H](C/C=C/c1ccccc1)C(=O)NOC1CCCCO1. The summed E-state index contributed by atoms with van der Waals surface area (Å²) in [5.41, 5.74) is 5.53. The van der Waals surface area contributed by atoms with Gasteiger partial charge in [-0.05, 0) is 37.2 Å². The molecule has 3 atom stereocenters. The maximum atomic E-state index is 13.3. The highest BCUT2D eigenvalue weighted by Gasteiger charge is 2.36. The Morgan fingerprint density at radius 3 is 2.43 bits per heavy atom. The smallest absolute Gasteiger partial charge is 0.320 e. The predicted octanol–water partition coefficient (Wildman–Crippen LogP) is 2.32. The Hall–Kier alpha value is -2.80. The molecule has 206 valence electrons. The molecule has 1 saturated heterocycles. The van der Waals surface area contributed by atoms with Crippen LogP contribution in [-0.2, 0) is 34.0 Å². The van der Waals surface area contributed by atoms with Gasteiger partial charge in [0.1, 0.15) is 6.54 Å². The number of ether oxygens (including phenoxy) is 1. The van der Waals surface area contributed by atoms with Crippen LogP contribution < -0.4 is 10.9 Å². The Balaban J connectivity index is 2.28. The summed E-state index contributed by atoms with van der Waals surface area (Å²) in [6.45, 7) is 3.30. The number of hydrogen-bond acceptors (Lipinski definition) is 7. The maximum absolute atomic E-state index is 13.3. The number of carboxylic acid groups (broad SMARTS) is 1. The van der Waals surface area contributed by atoms with Crippen LogP contribution in [-0.4, -0.2) is 61.4 Å². The molecule has 1 heterocycles. The Labute approximate surface area is 218 Å². The van der Waals surface area contributed by atoms with Crippen LogP contribution in [0.5, 0.6) is 0 Å². The Bertz CT molecular complexity index is 1020. The normalized spacial score (nSPS) is 18.0. The molecule has 2 rings (SSSR count). The molecule has 0 aromatic heterocycles. The van der Waals surface area contributed by atoms with E-state index in [1.54, 1.807) is 6.08 Å². The number of allylic oxidation sites excluding steroid dienone is 1. The molecule has 0 spiro atoms. The Morgan fingerprint density at radius 2 is 1.86 bits per heavy atom. The molecule has 12 heteroatoms. The third kappa shape index (κ3) is 11.0. The Kier molecular flexibility index (Phi) is 12.2. The first-order chi connectivity index (χ1) is 17.5. The van der Waals surface area contributed by atoms with Crippen LogP contribution in [0, 0.1) is 17.8 Å². The van der Waals surface area contributed by atoms with Crippen LogP contribution in [0.3, 0.4) is 0 Å². The molecule has 1 fully saturated rings. The molecule has 0 bridgehead atoms. The molecule has 0 radical (unpaired) electrons. The lowest BCUT2D eigenvalue weighted by Gasteiger charge is -2.29. The average molecular weight is 540 g/mol. The molecule has 11 nitrogen and oxygen atoms in total. The van der Waals surface area contributed by atoms with E-state index in [1.807, 2.05) is 50.3 Å². The summed E-state index contributed by atoms with van der Waals surface area (Å²) in [4.78, 5) is 43.2. The van der Waals surface area contributed by atoms with Crippen LogP contribution in [0.25, 0.3) is 6.08 Å². The summed E-state index contributed by atoms with van der Waals surface area (Å²) in [6.07, 6.45) is 6.60. The molecular formula is C25H37N3O8S. The lowest BCUT2D eigenvalue weighted by molar-refractivity contribution is -0.203. The van der Waals surface area contributed by atoms with E-state index in [9.17, 15) is 22.8 Å². The van der Waals surface area contributed by atoms with E-state index in [1.165, 1.54) is 0 Å². The zero-order valence-electron chi connectivity index (χ0n) is 21.5. The number of carboxylic acids is 1. The van der Waals surface area contributed by atoms with Gasteiger partial charge in [-0.15, -0.1) is 4.41 Å². The monoisotopic (exact) mass is 539 g/mol. The summed E-state index contributed by atoms with van der Waals surface area (Å²) >= 11 is 0. The number of hydrogen-bond donors (Lipinski definition) is 3. The van der Waals surface area contributed by atoms with Crippen molar-refractivity contribution in [3.8, 4) is 0 Å². The van der Waals surface area contributed by atoms with Gasteiger partial charge >= 0.3 is 5.97 Å². The molecule has 3 N–H and O–H groups in total. The van der Waals surface area contributed by atoms with Crippen molar-refractivity contribution in [1.82, 2.24) is 15.3 Å². The van der Waals surface area contributed by atoms with Crippen molar-refractivity contribution < 1.29 is 37.5 Å². The van der Waals surface area contributed by atoms with E-state index in [0.717, 1.165) is 24.7 Å². The number of amides is 2. The average Bonchev–Trinajstić information content (AvgIpc) is 2.84. The van der Waals surface area contributed by atoms with Gasteiger partial charge in [-0.25, -0.2) is 18.7 Å². The quantitative estimate of drug-likeness (QED) is 0.305. The number of aliphatic carboxylic acids is 1. The second kappa shape index (κ2) is 14.8. The zero-order chi connectivity index (χ0) is 27.4. The number of carbonyl (C=O) groups excluding carboxylic acids is 2. The van der Waals surface area contributed by atoms with E-state index in [0.29, 0.717) is 17.4 Å². The zero-order valence-corrected chi connectivity index (χ0v) is 22.3. The molecule has 1 aromatic carbocycles. The van der Waals surface area contributed by atoms with Crippen molar-refractivity contribution in [2.75, 3.05) is 19.4 Å². The van der Waals surface area contributed by atoms with Gasteiger partial charge in [0.25, 0.3) is 0 Å². The van der Waals surface area contributed by atoms with Gasteiger partial charge in [0, 0.05) is 13.0 Å². The van der Waals surface area contributed by atoms with Gasteiger partial charge in [0.05, 0.1) is 18.1 Å². The van der Waals surface area contributed by atoms with Crippen LogP contribution in [0.1, 0.15) is 51.5 Å². The number of rotatable bonds is 14. The molecule has 37 heavy (non-hydrogen) atoms. The number of hydroxylamine groups is 1. The van der Waals surface area contributed by atoms with Crippen LogP contribution in [0.15, 0.2) is 36.4 Å². The lowest BCUT2D eigenvalue weighted by Crippen LogP contribution is -2.52. The van der Waals surface area contributed by atoms with Crippen molar-refractivity contribution in [1.29, 1.82) is 0 Å². The predicted molar refractivity (Wildman–Crippen MR) is 137 cm³/mol. The van der Waals surface area contributed by atoms with E-state index in [2.05, 4.69) is 10.9 Å². The van der Waals surface area contributed by atoms with E-state index in [4.69, 9.17) is 14.7 Å². The second-order valence-corrected chi connectivity index (χ2v) is 11.3. The lowest BCUT2D eigenvalue weighted by atomic mass is 9.82. The van der Waals surface area contributed by atoms with Crippen LogP contribution in [0.4, 0.5) is 0 Å². The summed E-state index contributed by atoms with van der Waals surface area (Å²) in [5, 5.41) is 9.10. The van der Waals surface area contributed by atoms with Gasteiger partial charge in [-0.3, -0.25) is 19.8 Å². The number of hydrazine groups is 1. The number of nitrogens with zero attached hydrogens (tertiary/aromatic N) is 1. The minimum atomic E-state index is -4.08. The molecule has 0 aliphatic carbocycles. The van der Waals surface area contributed by atoms with Crippen molar-refractivity contribution in [3.05, 3.63) is 42.0 Å². The molecule has 1 aliphatic heterocycles. The summed E-state index contributed by atoms with van der Waals surface area (Å²) in [5.74, 6) is -4.71. The van der Waals surface area contributed by atoms with Gasteiger partial charge in [0.2, 0.25) is 21.8 Å². The molecular weight excluding hydrogens is 502 g/mol. The summed E-state index contributed by atoms with van der Waals surface area (Å²) in [7, 11) is -4.08. The second-order valence-electron chi connectivity index (χ2n) is 9.41. The number of carbonyl (C=O) groups is 3. The van der Waals surface area contributed by atoms with Crippen molar-refractivity contribution in [2.24, 2.45) is 17.8 Å². The van der Waals surface area contributed by atoms with Crippen molar-refractivity contribution in [3.63, 3.8) is 0 Å². The topological polar surface area (TPSA) is 151 Å². The fourth-order valence-electron chi connectivity index (χ4n) is 3.90. The highest BCUT2D eigenvalue weighted by molar-refractivity contribution is 7.88. The summed E-state index contributed by atoms with van der Waals surface area (Å²) < 4.78 is 30.0. The van der Waals surface area contributed by atoms with Gasteiger partial charge < -0.3 is 9.84 Å². The van der Waals surface area contributed by atoms with E-state index >= 15 is 0 Å². The first-order valence-electron chi connectivity index (χ1n) is 12.3. The first kappa shape index (κ1) is 30.4. The molecule has 1 aliphatic rings. The minimum Gasteiger partial charge on any atom is -0.480 e. The van der Waals surface area contributed by atoms with Gasteiger partial charge in [-0.1, -0.05) is 56.3 Å². The molecule has 1 aromatic rings. The molecule has 1 unspecified atom stereocenters. The molecule has 0 saturated carbocycles. The maximum Gasteiger partial charge on any atom is 0.320 e. The van der Waals surface area contributed by atoms with Crippen molar-refractivity contribution in [2.45, 2.75) is 52.2 Å². The van der Waals surface area contributed by atoms with Crippen LogP contribution in [0.2, 0.25) is 0 Å². The highest BCUT2D eigenvalue weighted by Crippen LogP contribution is 2.26. The van der Waals surface area contributed by atoms with E-state index < -0.39 is 52.5 Å². The Morgan fingerprint density at radius 1 is 1.16 bits per heavy atom. The van der Waals surface area contributed by atoms with Gasteiger partial charge in [0.15, 0.2) is 6.29 Å². The fourth-order valence-corrected chi connectivity index (χ4v) is 4.50. The number of sulfonamides is 1. The minimum absolute atomic E-state index is 0.0297. The van der Waals surface area contributed by atoms with E-state index in [-0.39, 0.29) is 18.8 Å². The summed E-state index contributed by atoms with van der Waals surface area (Å²) in [6, 6.07) is 9.41. The standard InChI is InChI=1S/C25H37N3O8S/c1-18(2)16-21(24(31)26-28(17-22(29)30)37(3,33)34)20(13-9-12-19-10-5-4-6-11-19)25(32)27-36-23-14-7-8-15-35-23/h4-6,9-12,18,20-21,23H,7-8,13-17H2,1-3H3,(H,26,31)(H,27,32)(H,29,30)/b12-9+/t20-,21+,23?/m0/s1. The highest BCUT2D eigenvalue weighted by atomic mass is 32.2. The largest absolute Gasteiger partial charge is 0.480 e. The van der Waals surface area contributed by atoms with Gasteiger partial charge in [-0.2, -0.15) is 0 Å². The van der Waals surface area contributed by atoms with Crippen molar-refractivity contribution >= 4 is 33.9 Å². The third-order valence-corrected chi connectivity index (χ3v) is 6.75. The van der Waals surface area contributed by atoms with Crippen LogP contribution >= 0.6 is 0 Å². The number of benzene rings is 1.